The molecule has 1 amide bonds. The molecule has 1 N–H and O–H groups in total. The van der Waals surface area contributed by atoms with E-state index in [-0.39, 0.29) is 5.91 Å². The number of pyridine rings is 2. The van der Waals surface area contributed by atoms with Gasteiger partial charge in [-0.1, -0.05) is 0 Å². The number of hydrogen-bond acceptors (Lipinski definition) is 6. The Kier molecular flexibility index (Phi) is 3.05. The molecule has 9 heteroatoms. The first kappa shape index (κ1) is 14.0. The van der Waals surface area contributed by atoms with E-state index in [0.29, 0.717) is 22.5 Å². The van der Waals surface area contributed by atoms with E-state index in [2.05, 4.69) is 25.5 Å². The van der Waals surface area contributed by atoms with Gasteiger partial charge in [-0.3, -0.25) is 20.0 Å². The second-order valence-corrected chi connectivity index (χ2v) is 5.10. The topological polar surface area (TPSA) is 107 Å². The van der Waals surface area contributed by atoms with Crippen LogP contribution < -0.4 is 11.0 Å². The van der Waals surface area contributed by atoms with Crippen molar-refractivity contribution >= 4 is 22.6 Å². The molecule has 118 valence electrons. The van der Waals surface area contributed by atoms with Crippen LogP contribution in [0.2, 0.25) is 0 Å². The lowest BCUT2D eigenvalue weighted by atomic mass is 10.3. The van der Waals surface area contributed by atoms with Crippen LogP contribution >= 0.6 is 0 Å². The summed E-state index contributed by atoms with van der Waals surface area (Å²) in [6, 6.07) is 5.26. The molecule has 4 rings (SSSR count). The van der Waals surface area contributed by atoms with Crippen molar-refractivity contribution in [1.29, 1.82) is 0 Å². The van der Waals surface area contributed by atoms with E-state index in [0.717, 1.165) is 10.2 Å². The summed E-state index contributed by atoms with van der Waals surface area (Å²) in [5, 5.41) is 4.75. The molecule has 0 aliphatic rings. The molecular formula is C15H11N7O2. The van der Waals surface area contributed by atoms with E-state index in [1.165, 1.54) is 23.8 Å². The van der Waals surface area contributed by atoms with Crippen molar-refractivity contribution < 1.29 is 4.79 Å². The average Bonchev–Trinajstić information content (AvgIpc) is 3.02. The van der Waals surface area contributed by atoms with Gasteiger partial charge in [-0.2, -0.15) is 9.50 Å². The zero-order valence-electron chi connectivity index (χ0n) is 12.5. The van der Waals surface area contributed by atoms with Crippen molar-refractivity contribution in [2.75, 3.05) is 5.43 Å². The largest absolute Gasteiger partial charge is 0.280 e. The molecule has 0 saturated heterocycles. The van der Waals surface area contributed by atoms with Crippen molar-refractivity contribution in [3.05, 3.63) is 53.3 Å². The van der Waals surface area contributed by atoms with E-state index < -0.39 is 5.56 Å². The molecule has 0 radical (unpaired) electrons. The molecule has 0 spiro atoms. The number of aromatic nitrogens is 6. The van der Waals surface area contributed by atoms with Gasteiger partial charge in [0.1, 0.15) is 0 Å². The maximum atomic E-state index is 12.4. The lowest BCUT2D eigenvalue weighted by molar-refractivity contribution is -0.115. The number of carbonyl (C=O) groups excluding carboxylic acids is 1. The van der Waals surface area contributed by atoms with Crippen molar-refractivity contribution in [1.82, 2.24) is 29.2 Å². The Hall–Kier alpha value is -3.62. The van der Waals surface area contributed by atoms with Gasteiger partial charge >= 0.3 is 0 Å². The van der Waals surface area contributed by atoms with Crippen LogP contribution in [0.1, 0.15) is 6.92 Å². The van der Waals surface area contributed by atoms with Gasteiger partial charge in [-0.25, -0.2) is 9.66 Å². The zero-order chi connectivity index (χ0) is 16.7. The van der Waals surface area contributed by atoms with Gasteiger partial charge in [0.2, 0.25) is 5.91 Å². The molecule has 0 aromatic carbocycles. The molecule has 0 atom stereocenters. The fourth-order valence-electron chi connectivity index (χ4n) is 2.40. The first-order valence-corrected chi connectivity index (χ1v) is 7.08. The van der Waals surface area contributed by atoms with E-state index in [4.69, 9.17) is 0 Å². The lowest BCUT2D eigenvalue weighted by Gasteiger charge is -2.07. The normalized spacial score (nSPS) is 11.0. The third-order valence-corrected chi connectivity index (χ3v) is 3.45. The minimum atomic E-state index is -0.391. The first-order chi connectivity index (χ1) is 11.6. The molecule has 24 heavy (non-hydrogen) atoms. The van der Waals surface area contributed by atoms with Crippen molar-refractivity contribution in [2.24, 2.45) is 0 Å². The quantitative estimate of drug-likeness (QED) is 0.579. The summed E-state index contributed by atoms with van der Waals surface area (Å²) in [6.45, 7) is 1.33. The van der Waals surface area contributed by atoms with Crippen LogP contribution in [0.3, 0.4) is 0 Å². The van der Waals surface area contributed by atoms with E-state index in [9.17, 15) is 9.59 Å². The molecule has 4 heterocycles. The maximum Gasteiger partial charge on any atom is 0.280 e. The number of nitrogens with zero attached hydrogens (tertiary/aromatic N) is 6. The number of fused-ring (bicyclic) bond motifs is 3. The van der Waals surface area contributed by atoms with Gasteiger partial charge in [0.05, 0.1) is 10.9 Å². The van der Waals surface area contributed by atoms with E-state index in [1.807, 2.05) is 0 Å². The molecule has 0 aliphatic heterocycles. The Morgan fingerprint density at radius 1 is 1.21 bits per heavy atom. The molecule has 0 unspecified atom stereocenters. The third-order valence-electron chi connectivity index (χ3n) is 3.45. The number of amides is 1. The minimum absolute atomic E-state index is 0.324. The van der Waals surface area contributed by atoms with Gasteiger partial charge in [-0.05, 0) is 18.2 Å². The monoisotopic (exact) mass is 321 g/mol. The molecule has 0 bridgehead atoms. The third kappa shape index (κ3) is 2.19. The molecular weight excluding hydrogens is 310 g/mol. The summed E-state index contributed by atoms with van der Waals surface area (Å²) in [5.74, 6) is 0.528. The van der Waals surface area contributed by atoms with E-state index >= 15 is 0 Å². The number of nitrogens with one attached hydrogen (secondary N) is 1. The highest BCUT2D eigenvalue weighted by Crippen LogP contribution is 2.16. The molecule has 4 aromatic heterocycles. The Bertz CT molecular complexity index is 1130. The average molecular weight is 321 g/mol. The maximum absolute atomic E-state index is 12.4. The Labute approximate surface area is 134 Å². The summed E-state index contributed by atoms with van der Waals surface area (Å²) in [5.41, 5.74) is 3.40. The highest BCUT2D eigenvalue weighted by molar-refractivity contribution is 5.83. The number of hydrogen-bond donors (Lipinski definition) is 1. The number of carbonyl (C=O) groups is 1. The summed E-state index contributed by atoms with van der Waals surface area (Å²) < 4.78 is 2.61. The Morgan fingerprint density at radius 2 is 2.00 bits per heavy atom. The first-order valence-electron chi connectivity index (χ1n) is 7.08. The summed E-state index contributed by atoms with van der Waals surface area (Å²) in [7, 11) is 0. The SMILES string of the molecule is CC(=O)Nn1ccc2c(cnc3nc(-c4ccncc4)nn32)c1=O. The van der Waals surface area contributed by atoms with Crippen LogP contribution in [0.5, 0.6) is 0 Å². The van der Waals surface area contributed by atoms with Crippen LogP contribution in [0.15, 0.2) is 47.8 Å². The van der Waals surface area contributed by atoms with Crippen LogP contribution in [0.4, 0.5) is 0 Å². The smallest absolute Gasteiger partial charge is 0.274 e. The molecule has 0 fully saturated rings. The van der Waals surface area contributed by atoms with Crippen molar-refractivity contribution in [3.8, 4) is 11.4 Å². The van der Waals surface area contributed by atoms with Gasteiger partial charge in [-0.15, -0.1) is 5.10 Å². The summed E-state index contributed by atoms with van der Waals surface area (Å²) in [6.07, 6.45) is 6.20. The van der Waals surface area contributed by atoms with Gasteiger partial charge < -0.3 is 0 Å². The lowest BCUT2D eigenvalue weighted by Crippen LogP contribution is -2.31. The van der Waals surface area contributed by atoms with Gasteiger partial charge in [0.15, 0.2) is 5.82 Å². The predicted octanol–water partition coefficient (Wildman–Crippen LogP) is 0.591. The number of rotatable bonds is 2. The fraction of sp³-hybridized carbons (Fsp3) is 0.0667. The van der Waals surface area contributed by atoms with Crippen LogP contribution in [0, 0.1) is 0 Å². The second-order valence-electron chi connectivity index (χ2n) is 5.10. The highest BCUT2D eigenvalue weighted by atomic mass is 16.2. The molecule has 0 saturated carbocycles. The van der Waals surface area contributed by atoms with Gasteiger partial charge in [0.25, 0.3) is 11.3 Å². The summed E-state index contributed by atoms with van der Waals surface area (Å²) in [4.78, 5) is 36.1. The van der Waals surface area contributed by atoms with Crippen LogP contribution in [-0.4, -0.2) is 35.1 Å². The standard InChI is InChI=1S/C15H11N7O2/c1-9(23)19-21-7-4-12-11(14(21)24)8-17-15-18-13(20-22(12)15)10-2-5-16-6-3-10/h2-8H,1H3,(H,19,23). The molecule has 0 aliphatic carbocycles. The molecule has 9 nitrogen and oxygen atoms in total. The van der Waals surface area contributed by atoms with Crippen molar-refractivity contribution in [2.45, 2.75) is 6.92 Å². The zero-order valence-corrected chi connectivity index (χ0v) is 12.5. The van der Waals surface area contributed by atoms with Crippen LogP contribution in [-0.2, 0) is 4.79 Å². The Balaban J connectivity index is 1.95. The van der Waals surface area contributed by atoms with E-state index in [1.54, 1.807) is 30.6 Å². The van der Waals surface area contributed by atoms with Crippen molar-refractivity contribution in [3.63, 3.8) is 0 Å². The second kappa shape index (κ2) is 5.23. The fourth-order valence-corrected chi connectivity index (χ4v) is 2.40. The summed E-state index contributed by atoms with van der Waals surface area (Å²) >= 11 is 0. The molecule has 4 aromatic rings. The Morgan fingerprint density at radius 3 is 2.75 bits per heavy atom. The highest BCUT2D eigenvalue weighted by Gasteiger charge is 2.12. The van der Waals surface area contributed by atoms with Crippen LogP contribution in [0.25, 0.3) is 28.1 Å². The minimum Gasteiger partial charge on any atom is -0.274 e. The predicted molar refractivity (Wildman–Crippen MR) is 85.8 cm³/mol. The van der Waals surface area contributed by atoms with Gasteiger partial charge in [0, 0.05) is 37.3 Å².